The molecule has 2 aromatic carbocycles. The van der Waals surface area contributed by atoms with Gasteiger partial charge in [-0.05, 0) is 29.3 Å². The zero-order chi connectivity index (χ0) is 15.7. The quantitative estimate of drug-likeness (QED) is 0.550. The molecule has 0 saturated carbocycles. The van der Waals surface area contributed by atoms with Crippen molar-refractivity contribution in [3.8, 4) is 0 Å². The van der Waals surface area contributed by atoms with Crippen LogP contribution < -0.4 is 5.56 Å². The fourth-order valence-corrected chi connectivity index (χ4v) is 2.60. The van der Waals surface area contributed by atoms with E-state index in [1.807, 2.05) is 42.5 Å². The summed E-state index contributed by atoms with van der Waals surface area (Å²) in [6.07, 6.45) is 0. The lowest BCUT2D eigenvalue weighted by Gasteiger charge is -2.11. The second-order valence-electron chi connectivity index (χ2n) is 5.15. The zero-order valence-corrected chi connectivity index (χ0v) is 12.0. The number of nitrogens with zero attached hydrogens (tertiary/aromatic N) is 2. The Morgan fingerprint density at radius 2 is 1.77 bits per heavy atom. The van der Waals surface area contributed by atoms with E-state index >= 15 is 0 Å². The molecule has 0 unspecified atom stereocenters. The smallest absolute Gasteiger partial charge is 0.303 e. The van der Waals surface area contributed by atoms with E-state index in [2.05, 4.69) is 0 Å². The van der Waals surface area contributed by atoms with Crippen LogP contribution in [0.15, 0.2) is 59.4 Å². The molecule has 1 aromatic heterocycles. The standard InChI is InChI=1S/C17H14N2O3/c1-12-9-10-16(19(21)22)17(20)18(12)11-14-7-4-6-13-5-2-3-8-15(13)14/h2-10H,11H2,1H3. The van der Waals surface area contributed by atoms with Crippen molar-refractivity contribution in [2.45, 2.75) is 13.5 Å². The Hall–Kier alpha value is -2.95. The van der Waals surface area contributed by atoms with Crippen LogP contribution in [-0.4, -0.2) is 9.49 Å². The molecule has 0 aliphatic carbocycles. The molecule has 0 aliphatic heterocycles. The van der Waals surface area contributed by atoms with Gasteiger partial charge in [0.2, 0.25) is 0 Å². The first-order valence-corrected chi connectivity index (χ1v) is 6.89. The molecule has 0 fully saturated rings. The third-order valence-corrected chi connectivity index (χ3v) is 3.78. The summed E-state index contributed by atoms with van der Waals surface area (Å²) >= 11 is 0. The highest BCUT2D eigenvalue weighted by atomic mass is 16.6. The van der Waals surface area contributed by atoms with Gasteiger partial charge in [-0.15, -0.1) is 0 Å². The van der Waals surface area contributed by atoms with Gasteiger partial charge in [-0.25, -0.2) is 0 Å². The highest BCUT2D eigenvalue weighted by Crippen LogP contribution is 2.19. The number of hydrogen-bond acceptors (Lipinski definition) is 3. The van der Waals surface area contributed by atoms with Crippen LogP contribution in [0, 0.1) is 17.0 Å². The maximum absolute atomic E-state index is 12.3. The van der Waals surface area contributed by atoms with E-state index in [1.165, 1.54) is 10.6 Å². The van der Waals surface area contributed by atoms with Gasteiger partial charge >= 0.3 is 11.2 Å². The number of aryl methyl sites for hydroxylation is 1. The summed E-state index contributed by atoms with van der Waals surface area (Å²) in [4.78, 5) is 22.6. The number of aromatic nitrogens is 1. The normalized spacial score (nSPS) is 10.8. The molecule has 0 atom stereocenters. The molecule has 0 spiro atoms. The molecule has 0 N–H and O–H groups in total. The third kappa shape index (κ3) is 2.37. The molecular formula is C17H14N2O3. The van der Waals surface area contributed by atoms with Crippen molar-refractivity contribution in [2.24, 2.45) is 0 Å². The van der Waals surface area contributed by atoms with Gasteiger partial charge in [-0.3, -0.25) is 14.9 Å². The molecule has 22 heavy (non-hydrogen) atoms. The van der Waals surface area contributed by atoms with Crippen molar-refractivity contribution in [3.63, 3.8) is 0 Å². The highest BCUT2D eigenvalue weighted by Gasteiger charge is 2.16. The van der Waals surface area contributed by atoms with E-state index in [4.69, 9.17) is 0 Å². The highest BCUT2D eigenvalue weighted by molar-refractivity contribution is 5.85. The van der Waals surface area contributed by atoms with E-state index in [1.54, 1.807) is 13.0 Å². The van der Waals surface area contributed by atoms with Crippen molar-refractivity contribution in [1.29, 1.82) is 0 Å². The topological polar surface area (TPSA) is 65.1 Å². The van der Waals surface area contributed by atoms with Gasteiger partial charge in [0, 0.05) is 11.8 Å². The van der Waals surface area contributed by atoms with E-state index in [0.29, 0.717) is 12.2 Å². The molecule has 110 valence electrons. The Morgan fingerprint density at radius 3 is 2.55 bits per heavy atom. The van der Waals surface area contributed by atoms with Gasteiger partial charge in [-0.2, -0.15) is 0 Å². The Morgan fingerprint density at radius 1 is 1.05 bits per heavy atom. The SMILES string of the molecule is Cc1ccc([N+](=O)[O-])c(=O)n1Cc1cccc2ccccc12. The Kier molecular flexibility index (Phi) is 3.47. The average Bonchev–Trinajstić information content (AvgIpc) is 2.51. The number of benzene rings is 2. The lowest BCUT2D eigenvalue weighted by molar-refractivity contribution is -0.386. The Labute approximate surface area is 126 Å². The van der Waals surface area contributed by atoms with E-state index in [9.17, 15) is 14.9 Å². The van der Waals surface area contributed by atoms with Crippen LogP contribution >= 0.6 is 0 Å². The van der Waals surface area contributed by atoms with Crippen molar-refractivity contribution >= 4 is 16.5 Å². The van der Waals surface area contributed by atoms with Gasteiger partial charge in [0.05, 0.1) is 11.5 Å². The second-order valence-corrected chi connectivity index (χ2v) is 5.15. The van der Waals surface area contributed by atoms with Crippen molar-refractivity contribution < 1.29 is 4.92 Å². The van der Waals surface area contributed by atoms with Gasteiger partial charge < -0.3 is 4.57 Å². The number of rotatable bonds is 3. The van der Waals surface area contributed by atoms with Crippen LogP contribution in [0.5, 0.6) is 0 Å². The minimum Gasteiger partial charge on any atom is -0.303 e. The number of nitro groups is 1. The molecule has 5 nitrogen and oxygen atoms in total. The average molecular weight is 294 g/mol. The summed E-state index contributed by atoms with van der Waals surface area (Å²) in [6.45, 7) is 2.09. The van der Waals surface area contributed by atoms with Crippen LogP contribution in [0.25, 0.3) is 10.8 Å². The monoisotopic (exact) mass is 294 g/mol. The first kappa shape index (κ1) is 14.0. The molecule has 3 aromatic rings. The first-order valence-electron chi connectivity index (χ1n) is 6.89. The summed E-state index contributed by atoms with van der Waals surface area (Å²) in [5.74, 6) is 0. The lowest BCUT2D eigenvalue weighted by Crippen LogP contribution is -2.24. The van der Waals surface area contributed by atoms with Crippen LogP contribution in [-0.2, 0) is 6.54 Å². The predicted molar refractivity (Wildman–Crippen MR) is 85.1 cm³/mol. The maximum Gasteiger partial charge on any atom is 0.334 e. The summed E-state index contributed by atoms with van der Waals surface area (Å²) < 4.78 is 1.44. The summed E-state index contributed by atoms with van der Waals surface area (Å²) in [6, 6.07) is 16.6. The summed E-state index contributed by atoms with van der Waals surface area (Å²) in [5, 5.41) is 13.1. The summed E-state index contributed by atoms with van der Waals surface area (Å²) in [7, 11) is 0. The van der Waals surface area contributed by atoms with Crippen LogP contribution in [0.3, 0.4) is 0 Å². The fourth-order valence-electron chi connectivity index (χ4n) is 2.60. The maximum atomic E-state index is 12.3. The Bertz CT molecular complexity index is 923. The molecule has 0 saturated heterocycles. The molecule has 0 aliphatic rings. The molecule has 1 heterocycles. The number of pyridine rings is 1. The zero-order valence-electron chi connectivity index (χ0n) is 12.0. The first-order chi connectivity index (χ1) is 10.6. The molecule has 0 amide bonds. The molecule has 0 radical (unpaired) electrons. The van der Waals surface area contributed by atoms with E-state index in [-0.39, 0.29) is 0 Å². The summed E-state index contributed by atoms with van der Waals surface area (Å²) in [5.41, 5.74) is 0.691. The molecule has 0 bridgehead atoms. The van der Waals surface area contributed by atoms with Crippen molar-refractivity contribution in [3.05, 3.63) is 86.3 Å². The largest absolute Gasteiger partial charge is 0.334 e. The fraction of sp³-hybridized carbons (Fsp3) is 0.118. The number of fused-ring (bicyclic) bond motifs is 1. The molecule has 5 heteroatoms. The Balaban J connectivity index is 2.15. The lowest BCUT2D eigenvalue weighted by atomic mass is 10.0. The van der Waals surface area contributed by atoms with Gasteiger partial charge in [0.1, 0.15) is 0 Å². The molecule has 3 rings (SSSR count). The minimum absolute atomic E-state index is 0.313. The van der Waals surface area contributed by atoms with Crippen LogP contribution in [0.1, 0.15) is 11.3 Å². The van der Waals surface area contributed by atoms with Crippen molar-refractivity contribution in [2.75, 3.05) is 0 Å². The number of hydrogen-bond donors (Lipinski definition) is 0. The predicted octanol–water partition coefficient (Wildman–Crippen LogP) is 3.27. The van der Waals surface area contributed by atoms with Crippen LogP contribution in [0.2, 0.25) is 0 Å². The second kappa shape index (κ2) is 5.44. The van der Waals surface area contributed by atoms with Gasteiger partial charge in [0.15, 0.2) is 0 Å². The van der Waals surface area contributed by atoms with E-state index < -0.39 is 16.2 Å². The third-order valence-electron chi connectivity index (χ3n) is 3.78. The molecular weight excluding hydrogens is 280 g/mol. The van der Waals surface area contributed by atoms with Gasteiger partial charge in [-0.1, -0.05) is 42.5 Å². The minimum atomic E-state index is -0.638. The van der Waals surface area contributed by atoms with Crippen molar-refractivity contribution in [1.82, 2.24) is 4.57 Å². The van der Waals surface area contributed by atoms with Crippen LogP contribution in [0.4, 0.5) is 5.69 Å². The van der Waals surface area contributed by atoms with Gasteiger partial charge in [0.25, 0.3) is 0 Å². The van der Waals surface area contributed by atoms with E-state index in [0.717, 1.165) is 16.3 Å².